The van der Waals surface area contributed by atoms with E-state index in [4.69, 9.17) is 16.3 Å². The number of likely N-dealkylation sites (tertiary alicyclic amines) is 1. The Labute approximate surface area is 212 Å². The lowest BCUT2D eigenvalue weighted by Crippen LogP contribution is -2.52. The second-order valence-electron chi connectivity index (χ2n) is 9.62. The van der Waals surface area contributed by atoms with Gasteiger partial charge >= 0.3 is 0 Å². The van der Waals surface area contributed by atoms with Crippen molar-refractivity contribution in [2.45, 2.75) is 31.1 Å². The number of benzene rings is 3. The van der Waals surface area contributed by atoms with Gasteiger partial charge in [0.05, 0.1) is 17.9 Å². The van der Waals surface area contributed by atoms with Crippen LogP contribution in [0.1, 0.15) is 44.9 Å². The fraction of sp³-hybridized carbons (Fsp3) is 0.241. The topological polar surface area (TPSA) is 80.8 Å². The van der Waals surface area contributed by atoms with Gasteiger partial charge in [0.25, 0.3) is 0 Å². The number of imide groups is 1. The Morgan fingerprint density at radius 2 is 1.42 bits per heavy atom. The highest BCUT2D eigenvalue weighted by Crippen LogP contribution is 2.57. The summed E-state index contributed by atoms with van der Waals surface area (Å²) in [5, 5.41) is 0.496. The number of nitrogens with zero attached hydrogens (tertiary/aromatic N) is 1. The first-order valence-corrected chi connectivity index (χ1v) is 12.2. The number of ketones is 2. The van der Waals surface area contributed by atoms with Crippen LogP contribution in [-0.2, 0) is 20.7 Å². The van der Waals surface area contributed by atoms with Crippen molar-refractivity contribution in [3.05, 3.63) is 106 Å². The minimum absolute atomic E-state index is 0.217. The van der Waals surface area contributed by atoms with Crippen LogP contribution in [0, 0.1) is 11.8 Å². The molecule has 1 aliphatic carbocycles. The van der Waals surface area contributed by atoms with E-state index in [1.165, 1.54) is 4.90 Å². The lowest BCUT2D eigenvalue weighted by atomic mass is 9.77. The summed E-state index contributed by atoms with van der Waals surface area (Å²) in [6.07, 6.45) is -0.487. The van der Waals surface area contributed by atoms with Gasteiger partial charge in [0.15, 0.2) is 0 Å². The van der Waals surface area contributed by atoms with Gasteiger partial charge in [0, 0.05) is 22.2 Å². The normalized spacial score (nSPS) is 24.9. The molecular weight excluding hydrogens is 478 g/mol. The average molecular weight is 500 g/mol. The van der Waals surface area contributed by atoms with Crippen molar-refractivity contribution in [1.82, 2.24) is 4.90 Å². The van der Waals surface area contributed by atoms with Crippen molar-refractivity contribution >= 4 is 35.0 Å². The third kappa shape index (κ3) is 3.08. The summed E-state index contributed by atoms with van der Waals surface area (Å²) in [7, 11) is 0. The molecule has 36 heavy (non-hydrogen) atoms. The maximum absolute atomic E-state index is 14.0. The Balaban J connectivity index is 1.46. The zero-order valence-corrected chi connectivity index (χ0v) is 20.1. The molecular formula is C29H22ClNO5. The predicted octanol–water partition coefficient (Wildman–Crippen LogP) is 4.46. The minimum Gasteiger partial charge on any atom is -0.349 e. The van der Waals surface area contributed by atoms with Gasteiger partial charge in [-0.1, -0.05) is 78.3 Å². The van der Waals surface area contributed by atoms with Crippen molar-refractivity contribution in [2.24, 2.45) is 11.8 Å². The summed E-state index contributed by atoms with van der Waals surface area (Å²) in [5.74, 6) is -4.34. The van der Waals surface area contributed by atoms with E-state index in [1.807, 2.05) is 37.3 Å². The minimum atomic E-state index is -2.06. The molecule has 0 aromatic heterocycles. The SMILES string of the molecule is CC(Cc1ccccc1)N1C(=O)C2C(c3ccc(Cl)cc3)OC3(C(=O)c4ccccc4C3=O)C2C1=O. The van der Waals surface area contributed by atoms with E-state index < -0.39 is 53.0 Å². The van der Waals surface area contributed by atoms with Gasteiger partial charge in [-0.2, -0.15) is 0 Å². The molecule has 0 N–H and O–H groups in total. The highest BCUT2D eigenvalue weighted by Gasteiger charge is 2.74. The first kappa shape index (κ1) is 22.8. The summed E-state index contributed by atoms with van der Waals surface area (Å²) in [6.45, 7) is 1.81. The predicted molar refractivity (Wildman–Crippen MR) is 132 cm³/mol. The Kier molecular flexibility index (Phi) is 5.21. The number of halogens is 1. The fourth-order valence-corrected chi connectivity index (χ4v) is 6.10. The molecule has 1 spiro atoms. The van der Waals surface area contributed by atoms with Crippen LogP contribution < -0.4 is 0 Å². The number of carbonyl (C=O) groups excluding carboxylic acids is 4. The van der Waals surface area contributed by atoms with Crippen LogP contribution >= 0.6 is 11.6 Å². The number of amides is 2. The third-order valence-electron chi connectivity index (χ3n) is 7.57. The maximum Gasteiger partial charge on any atom is 0.237 e. The van der Waals surface area contributed by atoms with Gasteiger partial charge in [-0.3, -0.25) is 24.1 Å². The number of carbonyl (C=O) groups is 4. The molecule has 0 saturated carbocycles. The summed E-state index contributed by atoms with van der Waals surface area (Å²) >= 11 is 6.07. The summed E-state index contributed by atoms with van der Waals surface area (Å²) in [4.78, 5) is 56.6. The zero-order valence-electron chi connectivity index (χ0n) is 19.4. The fourth-order valence-electron chi connectivity index (χ4n) is 5.97. The van der Waals surface area contributed by atoms with Crippen LogP contribution in [0.4, 0.5) is 0 Å². The van der Waals surface area contributed by atoms with E-state index in [2.05, 4.69) is 0 Å². The van der Waals surface area contributed by atoms with Crippen molar-refractivity contribution in [3.8, 4) is 0 Å². The first-order chi connectivity index (χ1) is 17.3. The molecule has 0 radical (unpaired) electrons. The van der Waals surface area contributed by atoms with Crippen molar-refractivity contribution in [1.29, 1.82) is 0 Å². The van der Waals surface area contributed by atoms with Crippen molar-refractivity contribution in [2.75, 3.05) is 0 Å². The number of ether oxygens (including phenoxy) is 1. The van der Waals surface area contributed by atoms with Gasteiger partial charge in [0.1, 0.15) is 0 Å². The lowest BCUT2D eigenvalue weighted by Gasteiger charge is -2.29. The van der Waals surface area contributed by atoms with E-state index in [0.717, 1.165) is 5.56 Å². The van der Waals surface area contributed by atoms with Crippen molar-refractivity contribution < 1.29 is 23.9 Å². The number of fused-ring (bicyclic) bond motifs is 3. The van der Waals surface area contributed by atoms with Crippen LogP contribution in [0.3, 0.4) is 0 Å². The molecule has 0 bridgehead atoms. The van der Waals surface area contributed by atoms with Gasteiger partial charge in [-0.05, 0) is 36.6 Å². The number of rotatable bonds is 4. The second kappa shape index (κ2) is 8.22. The smallest absolute Gasteiger partial charge is 0.237 e. The Bertz CT molecular complexity index is 1380. The quantitative estimate of drug-likeness (QED) is 0.391. The van der Waals surface area contributed by atoms with Crippen LogP contribution in [0.2, 0.25) is 5.02 Å². The lowest BCUT2D eigenvalue weighted by molar-refractivity contribution is -0.147. The van der Waals surface area contributed by atoms with Gasteiger partial charge < -0.3 is 4.74 Å². The second-order valence-corrected chi connectivity index (χ2v) is 10.1. The monoisotopic (exact) mass is 499 g/mol. The number of Topliss-reactive ketones (excluding diaryl/α,β-unsaturated/α-hetero) is 2. The largest absolute Gasteiger partial charge is 0.349 e. The average Bonchev–Trinajstić information content (AvgIpc) is 3.45. The number of hydrogen-bond donors (Lipinski definition) is 0. The Hall–Kier alpha value is -3.61. The zero-order chi connectivity index (χ0) is 25.2. The molecule has 2 saturated heterocycles. The van der Waals surface area contributed by atoms with Crippen molar-refractivity contribution in [3.63, 3.8) is 0 Å². The molecule has 6 rings (SSSR count). The van der Waals surface area contributed by atoms with Gasteiger partial charge in [-0.15, -0.1) is 0 Å². The first-order valence-electron chi connectivity index (χ1n) is 11.9. The van der Waals surface area contributed by atoms with E-state index >= 15 is 0 Å². The van der Waals surface area contributed by atoms with Gasteiger partial charge in [0.2, 0.25) is 29.0 Å². The molecule has 2 fully saturated rings. The molecule has 6 nitrogen and oxygen atoms in total. The molecule has 4 unspecified atom stereocenters. The number of hydrogen-bond acceptors (Lipinski definition) is 5. The van der Waals surface area contributed by atoms with E-state index in [1.54, 1.807) is 48.5 Å². The molecule has 2 amide bonds. The summed E-state index contributed by atoms with van der Waals surface area (Å²) in [6, 6.07) is 22.3. The van der Waals surface area contributed by atoms with Crippen LogP contribution in [0.5, 0.6) is 0 Å². The third-order valence-corrected chi connectivity index (χ3v) is 7.82. The summed E-state index contributed by atoms with van der Waals surface area (Å²) in [5.41, 5.74) is -0.0694. The van der Waals surface area contributed by atoms with Crippen LogP contribution in [0.15, 0.2) is 78.9 Å². The van der Waals surface area contributed by atoms with E-state index in [0.29, 0.717) is 17.0 Å². The molecule has 2 aliphatic heterocycles. The Morgan fingerprint density at radius 3 is 2.03 bits per heavy atom. The highest BCUT2D eigenvalue weighted by molar-refractivity contribution is 6.35. The molecule has 3 aliphatic rings. The molecule has 180 valence electrons. The van der Waals surface area contributed by atoms with Crippen LogP contribution in [0.25, 0.3) is 0 Å². The van der Waals surface area contributed by atoms with Gasteiger partial charge in [-0.25, -0.2) is 0 Å². The Morgan fingerprint density at radius 1 is 0.833 bits per heavy atom. The highest BCUT2D eigenvalue weighted by atomic mass is 35.5. The molecule has 3 aromatic rings. The van der Waals surface area contributed by atoms with Crippen LogP contribution in [-0.4, -0.2) is 39.9 Å². The molecule has 7 heteroatoms. The molecule has 3 aromatic carbocycles. The maximum atomic E-state index is 14.0. The van der Waals surface area contributed by atoms with E-state index in [9.17, 15) is 19.2 Å². The standard InChI is InChI=1S/C29H22ClNO5/c1-16(15-17-7-3-2-4-8-17)31-27(34)22-23(28(31)35)29(36-24(22)18-11-13-19(30)14-12-18)25(32)20-9-5-6-10-21(20)26(29)33/h2-14,16,22-24H,15H2,1H3. The van der Waals surface area contributed by atoms with E-state index in [-0.39, 0.29) is 11.1 Å². The molecule has 4 atom stereocenters. The summed E-state index contributed by atoms with van der Waals surface area (Å²) < 4.78 is 6.29. The molecule has 2 heterocycles.